The van der Waals surface area contributed by atoms with Crippen molar-refractivity contribution in [1.29, 1.82) is 0 Å². The molecule has 0 atom stereocenters. The van der Waals surface area contributed by atoms with Gasteiger partial charge in [-0.15, -0.1) is 0 Å². The van der Waals surface area contributed by atoms with Gasteiger partial charge in [-0.05, 0) is 28.8 Å². The van der Waals surface area contributed by atoms with E-state index in [-0.39, 0.29) is 11.3 Å². The molecule has 1 heterocycles. The molecule has 0 saturated heterocycles. The average molecular weight is 282 g/mol. The number of aromatic hydroxyl groups is 1. The fourth-order valence-electron chi connectivity index (χ4n) is 2.40. The van der Waals surface area contributed by atoms with Crippen molar-refractivity contribution < 1.29 is 9.84 Å². The molecule has 0 bridgehead atoms. The lowest BCUT2D eigenvalue weighted by Crippen LogP contribution is -2.06. The number of nitrogens with zero attached hydrogens (tertiary/aromatic N) is 1. The maximum Gasteiger partial charge on any atom is 0.258 e. The highest BCUT2D eigenvalue weighted by atomic mass is 16.5. The molecule has 0 unspecified atom stereocenters. The van der Waals surface area contributed by atoms with Crippen LogP contribution < -0.4 is 5.56 Å². The summed E-state index contributed by atoms with van der Waals surface area (Å²) < 4.78 is 5.19. The number of hydrogen-bond donors (Lipinski definition) is 2. The Kier molecular flexibility index (Phi) is 3.41. The summed E-state index contributed by atoms with van der Waals surface area (Å²) in [5.74, 6) is -0.0131. The van der Waals surface area contributed by atoms with Crippen LogP contribution in [0.25, 0.3) is 22.0 Å². The number of fused-ring (bicyclic) bond motifs is 1. The van der Waals surface area contributed by atoms with Gasteiger partial charge in [0, 0.05) is 7.11 Å². The Morgan fingerprint density at radius 3 is 2.90 bits per heavy atom. The van der Waals surface area contributed by atoms with Crippen molar-refractivity contribution in [1.82, 2.24) is 9.97 Å². The molecule has 0 aliphatic heterocycles. The summed E-state index contributed by atoms with van der Waals surface area (Å²) in [5, 5.41) is 10.5. The zero-order valence-corrected chi connectivity index (χ0v) is 11.5. The second-order valence-corrected chi connectivity index (χ2v) is 4.71. The third kappa shape index (κ3) is 2.39. The van der Waals surface area contributed by atoms with E-state index in [0.29, 0.717) is 17.5 Å². The molecule has 0 saturated carbocycles. The van der Waals surface area contributed by atoms with E-state index < -0.39 is 0 Å². The van der Waals surface area contributed by atoms with E-state index >= 15 is 0 Å². The van der Waals surface area contributed by atoms with Gasteiger partial charge < -0.3 is 14.8 Å². The quantitative estimate of drug-likeness (QED) is 0.773. The summed E-state index contributed by atoms with van der Waals surface area (Å²) in [7, 11) is 1.63. The molecular formula is C16H14N2O3. The number of H-pyrrole nitrogens is 1. The van der Waals surface area contributed by atoms with E-state index in [2.05, 4.69) is 9.97 Å². The number of aromatic amines is 1. The SMILES string of the molecule is COCc1ccccc1-c1cc(O)c2nc[nH]c(=O)c2c1. The summed E-state index contributed by atoms with van der Waals surface area (Å²) >= 11 is 0. The van der Waals surface area contributed by atoms with Crippen molar-refractivity contribution >= 4 is 10.9 Å². The third-order valence-corrected chi connectivity index (χ3v) is 3.35. The Bertz CT molecular complexity index is 856. The minimum atomic E-state index is -0.277. The fraction of sp³-hybridized carbons (Fsp3) is 0.125. The number of aromatic nitrogens is 2. The van der Waals surface area contributed by atoms with Crippen molar-refractivity contribution in [3.63, 3.8) is 0 Å². The lowest BCUT2D eigenvalue weighted by molar-refractivity contribution is 0.185. The first kappa shape index (κ1) is 13.3. The van der Waals surface area contributed by atoms with E-state index in [1.165, 1.54) is 6.33 Å². The van der Waals surface area contributed by atoms with Gasteiger partial charge in [0.1, 0.15) is 11.3 Å². The largest absolute Gasteiger partial charge is 0.506 e. The summed E-state index contributed by atoms with van der Waals surface area (Å²) in [5.41, 5.74) is 2.68. The zero-order chi connectivity index (χ0) is 14.8. The van der Waals surface area contributed by atoms with Crippen LogP contribution in [-0.2, 0) is 11.3 Å². The molecule has 1 aromatic heterocycles. The van der Waals surface area contributed by atoms with Crippen molar-refractivity contribution in [2.45, 2.75) is 6.61 Å². The van der Waals surface area contributed by atoms with Crippen LogP contribution in [-0.4, -0.2) is 22.2 Å². The van der Waals surface area contributed by atoms with Crippen molar-refractivity contribution in [3.8, 4) is 16.9 Å². The molecule has 0 spiro atoms. The van der Waals surface area contributed by atoms with E-state index in [1.807, 2.05) is 24.3 Å². The van der Waals surface area contributed by atoms with Gasteiger partial charge in [0.15, 0.2) is 0 Å². The monoisotopic (exact) mass is 282 g/mol. The van der Waals surface area contributed by atoms with Gasteiger partial charge in [-0.1, -0.05) is 24.3 Å². The topological polar surface area (TPSA) is 75.2 Å². The molecule has 106 valence electrons. The molecule has 0 fully saturated rings. The molecular weight excluding hydrogens is 268 g/mol. The Hall–Kier alpha value is -2.66. The van der Waals surface area contributed by atoms with Crippen molar-refractivity contribution in [2.24, 2.45) is 0 Å². The Labute approximate surface area is 120 Å². The third-order valence-electron chi connectivity index (χ3n) is 3.35. The van der Waals surface area contributed by atoms with Gasteiger partial charge >= 0.3 is 0 Å². The standard InChI is InChI=1S/C16H14N2O3/c1-21-8-10-4-2-3-5-12(10)11-6-13-15(14(19)7-11)17-9-18-16(13)20/h2-7,9,19H,8H2,1H3,(H,17,18,20). The highest BCUT2D eigenvalue weighted by Gasteiger charge is 2.11. The van der Waals surface area contributed by atoms with Gasteiger partial charge in [-0.2, -0.15) is 0 Å². The average Bonchev–Trinajstić information content (AvgIpc) is 2.49. The highest BCUT2D eigenvalue weighted by Crippen LogP contribution is 2.31. The molecule has 2 aromatic carbocycles. The molecule has 0 aliphatic rings. The summed E-state index contributed by atoms with van der Waals surface area (Å²) in [6.07, 6.45) is 1.28. The summed E-state index contributed by atoms with van der Waals surface area (Å²) in [4.78, 5) is 18.4. The number of hydrogen-bond acceptors (Lipinski definition) is 4. The Morgan fingerprint density at radius 1 is 1.29 bits per heavy atom. The van der Waals surface area contributed by atoms with E-state index in [0.717, 1.165) is 16.7 Å². The van der Waals surface area contributed by atoms with Gasteiger partial charge in [-0.3, -0.25) is 4.79 Å². The van der Waals surface area contributed by atoms with E-state index in [9.17, 15) is 9.90 Å². The number of methoxy groups -OCH3 is 1. The normalized spacial score (nSPS) is 10.9. The molecule has 3 rings (SSSR count). The molecule has 0 aliphatic carbocycles. The second-order valence-electron chi connectivity index (χ2n) is 4.71. The number of phenols is 1. The number of nitrogens with one attached hydrogen (secondary N) is 1. The summed E-state index contributed by atoms with van der Waals surface area (Å²) in [6, 6.07) is 11.1. The maximum absolute atomic E-state index is 11.9. The first-order chi connectivity index (χ1) is 10.2. The fourth-order valence-corrected chi connectivity index (χ4v) is 2.40. The lowest BCUT2D eigenvalue weighted by atomic mass is 9.98. The number of rotatable bonds is 3. The number of benzene rings is 2. The summed E-state index contributed by atoms with van der Waals surface area (Å²) in [6.45, 7) is 0.457. The first-order valence-electron chi connectivity index (χ1n) is 6.48. The second kappa shape index (κ2) is 5.38. The predicted octanol–water partition coefficient (Wildman–Crippen LogP) is 2.44. The van der Waals surface area contributed by atoms with Gasteiger partial charge in [-0.25, -0.2) is 4.98 Å². The zero-order valence-electron chi connectivity index (χ0n) is 11.5. The van der Waals surface area contributed by atoms with Crippen molar-refractivity contribution in [3.05, 3.63) is 58.6 Å². The predicted molar refractivity (Wildman–Crippen MR) is 80.2 cm³/mol. The minimum absolute atomic E-state index is 0.0131. The Balaban J connectivity index is 2.27. The van der Waals surface area contributed by atoms with Crippen LogP contribution in [0.1, 0.15) is 5.56 Å². The van der Waals surface area contributed by atoms with Gasteiger partial charge in [0.2, 0.25) is 0 Å². The maximum atomic E-state index is 11.9. The van der Waals surface area contributed by atoms with E-state index in [1.54, 1.807) is 19.2 Å². The molecule has 3 aromatic rings. The first-order valence-corrected chi connectivity index (χ1v) is 6.48. The van der Waals surface area contributed by atoms with Gasteiger partial charge in [0.25, 0.3) is 5.56 Å². The van der Waals surface area contributed by atoms with Crippen LogP contribution in [0.4, 0.5) is 0 Å². The van der Waals surface area contributed by atoms with Crippen LogP contribution >= 0.6 is 0 Å². The molecule has 5 heteroatoms. The van der Waals surface area contributed by atoms with Gasteiger partial charge in [0.05, 0.1) is 18.3 Å². The molecule has 5 nitrogen and oxygen atoms in total. The molecule has 21 heavy (non-hydrogen) atoms. The minimum Gasteiger partial charge on any atom is -0.506 e. The van der Waals surface area contributed by atoms with Crippen LogP contribution in [0, 0.1) is 0 Å². The highest BCUT2D eigenvalue weighted by molar-refractivity contribution is 5.89. The van der Waals surface area contributed by atoms with Crippen LogP contribution in [0.3, 0.4) is 0 Å². The van der Waals surface area contributed by atoms with Crippen molar-refractivity contribution in [2.75, 3.05) is 7.11 Å². The molecule has 2 N–H and O–H groups in total. The van der Waals surface area contributed by atoms with E-state index in [4.69, 9.17) is 4.74 Å². The molecule has 0 amide bonds. The van der Waals surface area contributed by atoms with Crippen LogP contribution in [0.5, 0.6) is 5.75 Å². The number of ether oxygens (including phenoxy) is 1. The molecule has 0 radical (unpaired) electrons. The smallest absolute Gasteiger partial charge is 0.258 e. The lowest BCUT2D eigenvalue weighted by Gasteiger charge is -2.10. The Morgan fingerprint density at radius 2 is 2.10 bits per heavy atom. The van der Waals surface area contributed by atoms with Crippen LogP contribution in [0.15, 0.2) is 47.5 Å². The van der Waals surface area contributed by atoms with Crippen LogP contribution in [0.2, 0.25) is 0 Å². The number of phenolic OH excluding ortho intramolecular Hbond substituents is 1.